The molecule has 36 heavy (non-hydrogen) atoms. The van der Waals surface area contributed by atoms with E-state index < -0.39 is 0 Å². The number of benzene rings is 3. The lowest BCUT2D eigenvalue weighted by Crippen LogP contribution is -2.41. The lowest BCUT2D eigenvalue weighted by molar-refractivity contribution is -0.117. The first kappa shape index (κ1) is 23.8. The highest BCUT2D eigenvalue weighted by Gasteiger charge is 2.31. The van der Waals surface area contributed by atoms with Gasteiger partial charge in [0, 0.05) is 17.2 Å². The minimum absolute atomic E-state index is 0.0806. The predicted octanol–water partition coefficient (Wildman–Crippen LogP) is 6.10. The summed E-state index contributed by atoms with van der Waals surface area (Å²) in [7, 11) is 0. The summed E-state index contributed by atoms with van der Waals surface area (Å²) in [5.41, 5.74) is 2.32. The minimum atomic E-state index is -0.365. The average Bonchev–Trinajstić information content (AvgIpc) is 2.89. The largest absolute Gasteiger partial charge is 0.449 e. The standard InChI is InChI=1S/C30H29FN2O3/c1-20-8-2-5-11-25(20)32-29(34)22-16-14-21(15-17-22)18-28-30(35)33(19-23-9-3-4-10-24(23)31)26-12-6-7-13-27(26)36-28/h3-4,6-7,9-10,12-18,20,25H,2,5,8,11,19H2,1H3,(H,32,34)/b28-18-/t20-,25+/m0/s1. The Kier molecular flexibility index (Phi) is 6.85. The molecule has 1 saturated carbocycles. The molecule has 0 aromatic heterocycles. The van der Waals surface area contributed by atoms with Crippen molar-refractivity contribution in [2.24, 2.45) is 5.92 Å². The van der Waals surface area contributed by atoms with Gasteiger partial charge in [-0.2, -0.15) is 0 Å². The Bertz CT molecular complexity index is 1300. The first-order valence-electron chi connectivity index (χ1n) is 12.4. The molecule has 3 aromatic carbocycles. The molecule has 0 saturated heterocycles. The summed E-state index contributed by atoms with van der Waals surface area (Å²) >= 11 is 0. The van der Waals surface area contributed by atoms with E-state index in [1.807, 2.05) is 12.1 Å². The third-order valence-electron chi connectivity index (χ3n) is 7.02. The van der Waals surface area contributed by atoms with Crippen molar-refractivity contribution in [1.29, 1.82) is 0 Å². The van der Waals surface area contributed by atoms with Crippen LogP contribution in [0.3, 0.4) is 0 Å². The van der Waals surface area contributed by atoms with Gasteiger partial charge in [0.15, 0.2) is 11.5 Å². The molecule has 1 aliphatic carbocycles. The van der Waals surface area contributed by atoms with E-state index in [1.165, 1.54) is 17.4 Å². The molecule has 0 unspecified atom stereocenters. The Hall–Kier alpha value is -3.93. The lowest BCUT2D eigenvalue weighted by Gasteiger charge is -2.30. The topological polar surface area (TPSA) is 58.6 Å². The molecular weight excluding hydrogens is 455 g/mol. The third kappa shape index (κ3) is 5.03. The fourth-order valence-corrected chi connectivity index (χ4v) is 4.88. The molecule has 0 spiro atoms. The van der Waals surface area contributed by atoms with Crippen LogP contribution in [-0.4, -0.2) is 17.9 Å². The van der Waals surface area contributed by atoms with Gasteiger partial charge in [-0.15, -0.1) is 0 Å². The molecule has 3 aromatic rings. The van der Waals surface area contributed by atoms with Gasteiger partial charge in [0.1, 0.15) is 5.82 Å². The van der Waals surface area contributed by atoms with E-state index in [-0.39, 0.29) is 36.0 Å². The van der Waals surface area contributed by atoms with E-state index in [2.05, 4.69) is 12.2 Å². The number of carbonyl (C=O) groups excluding carboxylic acids is 2. The van der Waals surface area contributed by atoms with E-state index in [1.54, 1.807) is 60.7 Å². The fraction of sp³-hybridized carbons (Fsp3) is 0.267. The van der Waals surface area contributed by atoms with Crippen LogP contribution in [0.2, 0.25) is 0 Å². The van der Waals surface area contributed by atoms with Gasteiger partial charge in [-0.1, -0.05) is 62.2 Å². The Balaban J connectivity index is 1.36. The van der Waals surface area contributed by atoms with Crippen molar-refractivity contribution < 1.29 is 18.7 Å². The van der Waals surface area contributed by atoms with E-state index in [0.717, 1.165) is 24.8 Å². The highest BCUT2D eigenvalue weighted by Crippen LogP contribution is 2.36. The van der Waals surface area contributed by atoms with Crippen molar-refractivity contribution in [2.45, 2.75) is 45.2 Å². The zero-order valence-electron chi connectivity index (χ0n) is 20.2. The second kappa shape index (κ2) is 10.4. The van der Waals surface area contributed by atoms with Crippen molar-refractivity contribution >= 4 is 23.6 Å². The van der Waals surface area contributed by atoms with Gasteiger partial charge in [-0.05, 0) is 60.7 Å². The molecule has 0 radical (unpaired) electrons. The Morgan fingerprint density at radius 1 is 1.03 bits per heavy atom. The van der Waals surface area contributed by atoms with Gasteiger partial charge < -0.3 is 10.1 Å². The van der Waals surface area contributed by atoms with Crippen LogP contribution in [0.15, 0.2) is 78.6 Å². The second-order valence-corrected chi connectivity index (χ2v) is 9.52. The van der Waals surface area contributed by atoms with Gasteiger partial charge in [0.25, 0.3) is 11.8 Å². The molecule has 2 aliphatic rings. The quantitative estimate of drug-likeness (QED) is 0.445. The first-order valence-corrected chi connectivity index (χ1v) is 12.4. The molecule has 2 amide bonds. The van der Waals surface area contributed by atoms with Crippen molar-refractivity contribution in [1.82, 2.24) is 5.32 Å². The second-order valence-electron chi connectivity index (χ2n) is 9.52. The maximum atomic E-state index is 14.3. The number of nitrogens with zero attached hydrogens (tertiary/aromatic N) is 1. The minimum Gasteiger partial charge on any atom is -0.449 e. The number of carbonyl (C=O) groups is 2. The Morgan fingerprint density at radius 2 is 1.75 bits per heavy atom. The molecule has 184 valence electrons. The summed E-state index contributed by atoms with van der Waals surface area (Å²) in [5, 5.41) is 3.17. The number of anilines is 1. The van der Waals surface area contributed by atoms with Crippen molar-refractivity contribution in [2.75, 3.05) is 4.90 Å². The normalized spacial score (nSPS) is 20.6. The number of hydrogen-bond acceptors (Lipinski definition) is 3. The molecule has 5 rings (SSSR count). The van der Waals surface area contributed by atoms with Gasteiger partial charge in [0.2, 0.25) is 0 Å². The van der Waals surface area contributed by atoms with E-state index >= 15 is 0 Å². The average molecular weight is 485 g/mol. The van der Waals surface area contributed by atoms with Gasteiger partial charge in [-0.3, -0.25) is 14.5 Å². The summed E-state index contributed by atoms with van der Waals surface area (Å²) in [6.45, 7) is 2.27. The monoisotopic (exact) mass is 484 g/mol. The molecule has 0 bridgehead atoms. The zero-order valence-corrected chi connectivity index (χ0v) is 20.2. The summed E-state index contributed by atoms with van der Waals surface area (Å²) in [6, 6.07) is 21.0. The highest BCUT2D eigenvalue weighted by atomic mass is 19.1. The zero-order chi connectivity index (χ0) is 25.1. The van der Waals surface area contributed by atoms with Crippen LogP contribution in [0.25, 0.3) is 6.08 Å². The predicted molar refractivity (Wildman–Crippen MR) is 138 cm³/mol. The number of fused-ring (bicyclic) bond motifs is 1. The third-order valence-corrected chi connectivity index (χ3v) is 7.02. The number of rotatable bonds is 5. The maximum Gasteiger partial charge on any atom is 0.294 e. The van der Waals surface area contributed by atoms with Crippen molar-refractivity contribution in [3.63, 3.8) is 0 Å². The van der Waals surface area contributed by atoms with Crippen LogP contribution >= 0.6 is 0 Å². The van der Waals surface area contributed by atoms with Crippen molar-refractivity contribution in [3.8, 4) is 5.75 Å². The van der Waals surface area contributed by atoms with Crippen LogP contribution < -0.4 is 15.0 Å². The summed E-state index contributed by atoms with van der Waals surface area (Å²) < 4.78 is 20.3. The number of amides is 2. The molecule has 5 nitrogen and oxygen atoms in total. The molecule has 1 heterocycles. The smallest absolute Gasteiger partial charge is 0.294 e. The molecular formula is C30H29FN2O3. The van der Waals surface area contributed by atoms with Crippen molar-refractivity contribution in [3.05, 3.63) is 101 Å². The van der Waals surface area contributed by atoms with Crippen LogP contribution in [0, 0.1) is 11.7 Å². The molecule has 1 N–H and O–H groups in total. The number of halogens is 1. The van der Waals surface area contributed by atoms with Gasteiger partial charge in [-0.25, -0.2) is 4.39 Å². The molecule has 1 fully saturated rings. The summed E-state index contributed by atoms with van der Waals surface area (Å²) in [5.74, 6) is 0.344. The number of hydrogen-bond donors (Lipinski definition) is 1. The van der Waals surface area contributed by atoms with Gasteiger partial charge in [0.05, 0.1) is 12.2 Å². The van der Waals surface area contributed by atoms with E-state index in [4.69, 9.17) is 4.74 Å². The highest BCUT2D eigenvalue weighted by molar-refractivity contribution is 6.09. The van der Waals surface area contributed by atoms with Crippen LogP contribution in [0.4, 0.5) is 10.1 Å². The molecule has 6 heteroatoms. The Morgan fingerprint density at radius 3 is 2.53 bits per heavy atom. The number of ether oxygens (including phenoxy) is 1. The van der Waals surface area contributed by atoms with Crippen LogP contribution in [0.5, 0.6) is 5.75 Å². The van der Waals surface area contributed by atoms with Crippen LogP contribution in [-0.2, 0) is 11.3 Å². The molecule has 1 aliphatic heterocycles. The van der Waals surface area contributed by atoms with E-state index in [9.17, 15) is 14.0 Å². The molecule has 2 atom stereocenters. The SMILES string of the molecule is C[C@H]1CCCC[C@H]1NC(=O)c1ccc(/C=C2\Oc3ccccc3N(Cc3ccccc3F)C2=O)cc1. The summed E-state index contributed by atoms with van der Waals surface area (Å²) in [4.78, 5) is 27.7. The van der Waals surface area contributed by atoms with Crippen LogP contribution in [0.1, 0.15) is 54.1 Å². The number of para-hydroxylation sites is 2. The van der Waals surface area contributed by atoms with Gasteiger partial charge >= 0.3 is 0 Å². The summed E-state index contributed by atoms with van der Waals surface area (Å²) in [6.07, 6.45) is 6.17. The lowest BCUT2D eigenvalue weighted by atomic mass is 9.86. The number of nitrogens with one attached hydrogen (secondary N) is 1. The first-order chi connectivity index (χ1) is 17.5. The fourth-order valence-electron chi connectivity index (χ4n) is 4.88. The van der Waals surface area contributed by atoms with E-state index in [0.29, 0.717) is 28.5 Å². The Labute approximate surface area is 210 Å². The maximum absolute atomic E-state index is 14.3.